The topological polar surface area (TPSA) is 77.9 Å². The average molecular weight is 293 g/mol. The second kappa shape index (κ2) is 5.99. The first-order chi connectivity index (χ1) is 10.2. The Morgan fingerprint density at radius 1 is 1.33 bits per heavy atom. The molecule has 0 aromatic carbocycles. The van der Waals surface area contributed by atoms with Crippen molar-refractivity contribution in [1.82, 2.24) is 4.98 Å². The summed E-state index contributed by atoms with van der Waals surface area (Å²) >= 11 is 0. The van der Waals surface area contributed by atoms with Crippen LogP contribution in [0, 0.1) is 0 Å². The highest BCUT2D eigenvalue weighted by molar-refractivity contribution is 5.85. The summed E-state index contributed by atoms with van der Waals surface area (Å²) < 4.78 is 17.3. The van der Waals surface area contributed by atoms with E-state index < -0.39 is 5.97 Å². The third-order valence-corrected chi connectivity index (χ3v) is 4.11. The zero-order valence-electron chi connectivity index (χ0n) is 11.8. The van der Waals surface area contributed by atoms with E-state index in [0.717, 1.165) is 38.9 Å². The van der Waals surface area contributed by atoms with Crippen molar-refractivity contribution in [2.75, 3.05) is 19.8 Å². The lowest BCUT2D eigenvalue weighted by molar-refractivity contribution is -0.155. The number of carboxylic acid groups (broad SMARTS) is 1. The highest BCUT2D eigenvalue weighted by Gasteiger charge is 2.39. The van der Waals surface area contributed by atoms with Crippen molar-refractivity contribution in [1.29, 1.82) is 0 Å². The molecule has 1 spiro atoms. The number of pyridine rings is 1. The van der Waals surface area contributed by atoms with Crippen LogP contribution in [0.2, 0.25) is 0 Å². The summed E-state index contributed by atoms with van der Waals surface area (Å²) in [5.74, 6) is -0.428. The van der Waals surface area contributed by atoms with Crippen molar-refractivity contribution in [3.63, 3.8) is 0 Å². The minimum absolute atomic E-state index is 0.0234. The van der Waals surface area contributed by atoms with Gasteiger partial charge in [-0.25, -0.2) is 9.78 Å². The van der Waals surface area contributed by atoms with Gasteiger partial charge in [0.2, 0.25) is 0 Å². The van der Waals surface area contributed by atoms with E-state index in [2.05, 4.69) is 4.98 Å². The van der Waals surface area contributed by atoms with Crippen molar-refractivity contribution in [3.05, 3.63) is 24.0 Å². The van der Waals surface area contributed by atoms with Crippen LogP contribution in [0.1, 0.15) is 36.2 Å². The number of hydrogen-bond donors (Lipinski definition) is 1. The molecule has 1 N–H and O–H groups in total. The Balaban J connectivity index is 1.62. The molecule has 21 heavy (non-hydrogen) atoms. The summed E-state index contributed by atoms with van der Waals surface area (Å²) in [4.78, 5) is 14.6. The van der Waals surface area contributed by atoms with E-state index in [0.29, 0.717) is 12.4 Å². The van der Waals surface area contributed by atoms with Crippen molar-refractivity contribution in [2.24, 2.45) is 0 Å². The lowest BCUT2D eigenvalue weighted by atomic mass is 9.85. The minimum Gasteiger partial charge on any atom is -0.489 e. The van der Waals surface area contributed by atoms with Gasteiger partial charge in [-0.15, -0.1) is 0 Å². The van der Waals surface area contributed by atoms with Crippen LogP contribution in [0.5, 0.6) is 5.75 Å². The lowest BCUT2D eigenvalue weighted by Gasteiger charge is -2.43. The number of ether oxygens (including phenoxy) is 3. The van der Waals surface area contributed by atoms with Gasteiger partial charge in [0, 0.05) is 26.1 Å². The molecule has 6 heteroatoms. The lowest BCUT2D eigenvalue weighted by Crippen LogP contribution is -2.47. The quantitative estimate of drug-likeness (QED) is 0.917. The molecule has 3 rings (SSSR count). The molecule has 6 nitrogen and oxygen atoms in total. The Morgan fingerprint density at radius 3 is 2.81 bits per heavy atom. The Bertz CT molecular complexity index is 490. The number of nitrogens with zero attached hydrogens (tertiary/aromatic N) is 1. The van der Waals surface area contributed by atoms with E-state index in [9.17, 15) is 4.79 Å². The van der Waals surface area contributed by atoms with Gasteiger partial charge in [0.25, 0.3) is 0 Å². The van der Waals surface area contributed by atoms with E-state index in [1.165, 1.54) is 12.3 Å². The molecular formula is C15H19NO5. The molecule has 3 heterocycles. The molecule has 0 aliphatic carbocycles. The molecular weight excluding hydrogens is 274 g/mol. The van der Waals surface area contributed by atoms with Gasteiger partial charge in [0.15, 0.2) is 0 Å². The molecule has 0 saturated carbocycles. The van der Waals surface area contributed by atoms with Gasteiger partial charge in [0.1, 0.15) is 17.5 Å². The first-order valence-corrected chi connectivity index (χ1v) is 7.25. The molecule has 2 aliphatic rings. The summed E-state index contributed by atoms with van der Waals surface area (Å²) in [5, 5.41) is 8.83. The van der Waals surface area contributed by atoms with Gasteiger partial charge < -0.3 is 19.3 Å². The largest absolute Gasteiger partial charge is 0.489 e. The molecule has 2 aliphatic heterocycles. The number of hydrogen-bond acceptors (Lipinski definition) is 5. The maximum atomic E-state index is 10.8. The van der Waals surface area contributed by atoms with Crippen LogP contribution in [-0.4, -0.2) is 47.6 Å². The van der Waals surface area contributed by atoms with Crippen molar-refractivity contribution >= 4 is 5.97 Å². The third kappa shape index (κ3) is 3.33. The molecule has 114 valence electrons. The Hall–Kier alpha value is -1.66. The highest BCUT2D eigenvalue weighted by atomic mass is 16.5. The monoisotopic (exact) mass is 293 g/mol. The van der Waals surface area contributed by atoms with Gasteiger partial charge in [-0.1, -0.05) is 0 Å². The predicted molar refractivity (Wildman–Crippen MR) is 73.6 cm³/mol. The molecule has 2 fully saturated rings. The third-order valence-electron chi connectivity index (χ3n) is 4.11. The van der Waals surface area contributed by atoms with E-state index in [-0.39, 0.29) is 17.4 Å². The van der Waals surface area contributed by atoms with Crippen molar-refractivity contribution in [2.45, 2.75) is 37.4 Å². The van der Waals surface area contributed by atoms with Crippen LogP contribution in [0.3, 0.4) is 0 Å². The zero-order valence-corrected chi connectivity index (χ0v) is 11.8. The van der Waals surface area contributed by atoms with Crippen LogP contribution < -0.4 is 4.74 Å². The van der Waals surface area contributed by atoms with Gasteiger partial charge >= 0.3 is 5.97 Å². The average Bonchev–Trinajstić information content (AvgIpc) is 2.49. The molecule has 1 atom stereocenters. The Kier molecular flexibility index (Phi) is 4.07. The van der Waals surface area contributed by atoms with E-state index >= 15 is 0 Å². The summed E-state index contributed by atoms with van der Waals surface area (Å²) in [6.07, 6.45) is 5.04. The first-order valence-electron chi connectivity index (χ1n) is 7.25. The smallest absolute Gasteiger partial charge is 0.354 e. The predicted octanol–water partition coefficient (Wildman–Crippen LogP) is 1.89. The zero-order chi connectivity index (χ0) is 14.7. The Labute approximate surface area is 123 Å². The fraction of sp³-hybridized carbons (Fsp3) is 0.600. The second-order valence-corrected chi connectivity index (χ2v) is 5.56. The van der Waals surface area contributed by atoms with Crippen LogP contribution in [0.15, 0.2) is 18.3 Å². The van der Waals surface area contributed by atoms with Crippen molar-refractivity contribution < 1.29 is 24.1 Å². The molecule has 0 radical (unpaired) electrons. The summed E-state index contributed by atoms with van der Waals surface area (Å²) in [7, 11) is 0. The first kappa shape index (κ1) is 14.3. The molecule has 0 bridgehead atoms. The van der Waals surface area contributed by atoms with E-state index in [1.807, 2.05) is 0 Å². The highest BCUT2D eigenvalue weighted by Crippen LogP contribution is 2.35. The maximum absolute atomic E-state index is 10.8. The van der Waals surface area contributed by atoms with Crippen LogP contribution in [0.25, 0.3) is 0 Å². The molecule has 1 unspecified atom stereocenters. The maximum Gasteiger partial charge on any atom is 0.354 e. The summed E-state index contributed by atoms with van der Waals surface area (Å²) in [6, 6.07) is 3.11. The Morgan fingerprint density at radius 2 is 2.14 bits per heavy atom. The van der Waals surface area contributed by atoms with E-state index in [4.69, 9.17) is 19.3 Å². The van der Waals surface area contributed by atoms with Gasteiger partial charge in [0.05, 0.1) is 18.4 Å². The number of carbonyl (C=O) groups is 1. The van der Waals surface area contributed by atoms with Crippen molar-refractivity contribution in [3.8, 4) is 5.75 Å². The minimum atomic E-state index is -1.03. The number of carboxylic acids is 1. The summed E-state index contributed by atoms with van der Waals surface area (Å²) in [6.45, 7) is 2.16. The molecule has 1 aromatic heterocycles. The van der Waals surface area contributed by atoms with E-state index in [1.54, 1.807) is 6.07 Å². The van der Waals surface area contributed by atoms with Gasteiger partial charge in [-0.3, -0.25) is 0 Å². The second-order valence-electron chi connectivity index (χ2n) is 5.56. The number of aromatic nitrogens is 1. The normalized spacial score (nSPS) is 24.7. The number of aromatic carboxylic acids is 1. The van der Waals surface area contributed by atoms with Crippen LogP contribution in [0.4, 0.5) is 0 Å². The van der Waals surface area contributed by atoms with Crippen LogP contribution in [-0.2, 0) is 9.47 Å². The molecule has 2 saturated heterocycles. The standard InChI is InChI=1S/C15H19NO5/c17-14(18)13-2-1-12(10-16-13)21-11-3-6-20-15(9-11)4-7-19-8-5-15/h1-2,10-11H,3-9H2,(H,17,18). The number of rotatable bonds is 3. The SMILES string of the molecule is O=C(O)c1ccc(OC2CCOC3(CCOCC3)C2)cn1. The van der Waals surface area contributed by atoms with Gasteiger partial charge in [-0.05, 0) is 25.0 Å². The fourth-order valence-corrected chi connectivity index (χ4v) is 2.94. The summed E-state index contributed by atoms with van der Waals surface area (Å²) in [5.41, 5.74) is -0.0921. The van der Waals surface area contributed by atoms with Gasteiger partial charge in [-0.2, -0.15) is 0 Å². The molecule has 0 amide bonds. The molecule has 1 aromatic rings. The fourth-order valence-electron chi connectivity index (χ4n) is 2.94. The van der Waals surface area contributed by atoms with Crippen LogP contribution >= 0.6 is 0 Å².